The molecule has 0 heterocycles. The molecule has 4 aromatic rings. The molecule has 0 aliphatic carbocycles. The number of benzene rings is 4. The molecule has 3 atom stereocenters. The average Bonchev–Trinajstić information content (AvgIpc) is 2.90. The van der Waals surface area contributed by atoms with E-state index >= 15 is 0 Å². The van der Waals surface area contributed by atoms with Gasteiger partial charge in [0.05, 0.1) is 11.8 Å². The Balaban J connectivity index is 1.91. The van der Waals surface area contributed by atoms with Crippen molar-refractivity contribution in [2.24, 2.45) is 4.99 Å². The van der Waals surface area contributed by atoms with E-state index in [9.17, 15) is 4.55 Å². The number of hydrogen-bond donors (Lipinski definition) is 1. The number of nitrogens with one attached hydrogen (secondary N) is 1. The van der Waals surface area contributed by atoms with Crippen molar-refractivity contribution in [3.63, 3.8) is 0 Å². The fourth-order valence-electron chi connectivity index (χ4n) is 3.91. The molecule has 4 aromatic carbocycles. The number of aliphatic imine (C=N–C) groups is 1. The van der Waals surface area contributed by atoms with E-state index in [4.69, 9.17) is 4.99 Å². The van der Waals surface area contributed by atoms with E-state index in [1.807, 2.05) is 93.6 Å². The Labute approximate surface area is 212 Å². The van der Waals surface area contributed by atoms with Gasteiger partial charge in [-0.15, -0.1) is 4.72 Å². The van der Waals surface area contributed by atoms with Gasteiger partial charge >= 0.3 is 0 Å². The first-order valence-corrected chi connectivity index (χ1v) is 13.0. The van der Waals surface area contributed by atoms with E-state index in [-0.39, 0.29) is 12.1 Å². The Bertz CT molecular complexity index is 1170. The molecule has 0 amide bonds. The van der Waals surface area contributed by atoms with Crippen LogP contribution in [0.4, 0.5) is 0 Å². The van der Waals surface area contributed by atoms with Crippen molar-refractivity contribution in [3.05, 3.63) is 144 Å². The monoisotopic (exact) mass is 480 g/mol. The molecule has 4 rings (SSSR count). The van der Waals surface area contributed by atoms with Crippen LogP contribution in [0.5, 0.6) is 0 Å². The zero-order valence-corrected chi connectivity index (χ0v) is 21.3. The summed E-state index contributed by atoms with van der Waals surface area (Å²) in [5.41, 5.74) is 5.10. The highest BCUT2D eigenvalue weighted by Gasteiger charge is 2.34. The standard InChI is InChI=1S/C31H32N2OS/c1-31(2,3)35(34)33-30(27-22-14-7-15-23-27)29(26-20-12-6-13-21-26)32-28(24-16-8-4-9-17-24)25-18-10-5-11-19-25/h4-23,29-30,33H,1-3H3/t29?,30?,35-/m1/s1. The highest BCUT2D eigenvalue weighted by atomic mass is 32.2. The molecule has 0 aliphatic heterocycles. The molecule has 0 radical (unpaired) electrons. The van der Waals surface area contributed by atoms with Crippen LogP contribution in [0.3, 0.4) is 0 Å². The minimum atomic E-state index is -1.29. The summed E-state index contributed by atoms with van der Waals surface area (Å²) in [5.74, 6) is 0. The van der Waals surface area contributed by atoms with Crippen molar-refractivity contribution in [2.45, 2.75) is 37.6 Å². The second-order valence-electron chi connectivity index (χ2n) is 9.45. The van der Waals surface area contributed by atoms with Crippen molar-refractivity contribution in [1.82, 2.24) is 4.72 Å². The summed E-state index contributed by atoms with van der Waals surface area (Å²) < 4.78 is 16.4. The zero-order valence-electron chi connectivity index (χ0n) is 20.5. The SMILES string of the molecule is CC(C)(C)[S@@+]([O-])NC(c1ccccc1)C(N=C(c1ccccc1)c1ccccc1)c1ccccc1. The van der Waals surface area contributed by atoms with Gasteiger partial charge in [-0.2, -0.15) is 0 Å². The van der Waals surface area contributed by atoms with Gasteiger partial charge < -0.3 is 4.55 Å². The van der Waals surface area contributed by atoms with E-state index in [1.165, 1.54) is 0 Å². The van der Waals surface area contributed by atoms with Crippen LogP contribution < -0.4 is 4.72 Å². The molecule has 3 nitrogen and oxygen atoms in total. The molecule has 0 saturated carbocycles. The van der Waals surface area contributed by atoms with Gasteiger partial charge in [-0.1, -0.05) is 121 Å². The third kappa shape index (κ3) is 6.49. The molecule has 178 valence electrons. The van der Waals surface area contributed by atoms with E-state index in [1.54, 1.807) is 0 Å². The molecule has 0 aliphatic rings. The lowest BCUT2D eigenvalue weighted by atomic mass is 9.93. The van der Waals surface area contributed by atoms with Gasteiger partial charge in [-0.05, 0) is 31.9 Å². The second-order valence-corrected chi connectivity index (χ2v) is 11.5. The molecule has 35 heavy (non-hydrogen) atoms. The van der Waals surface area contributed by atoms with Crippen molar-refractivity contribution < 1.29 is 4.55 Å². The van der Waals surface area contributed by atoms with Gasteiger partial charge in [0.1, 0.15) is 10.8 Å². The van der Waals surface area contributed by atoms with E-state index in [2.05, 4.69) is 53.3 Å². The van der Waals surface area contributed by atoms with E-state index in [0.717, 1.165) is 28.0 Å². The molecule has 0 aromatic heterocycles. The lowest BCUT2D eigenvalue weighted by Gasteiger charge is -2.31. The van der Waals surface area contributed by atoms with E-state index in [0.29, 0.717) is 0 Å². The first-order valence-electron chi connectivity index (χ1n) is 11.9. The summed E-state index contributed by atoms with van der Waals surface area (Å²) in [6.45, 7) is 5.95. The average molecular weight is 481 g/mol. The molecular weight excluding hydrogens is 448 g/mol. The van der Waals surface area contributed by atoms with Gasteiger partial charge in [0.2, 0.25) is 0 Å². The maximum Gasteiger partial charge on any atom is 0.136 e. The quantitative estimate of drug-likeness (QED) is 0.217. The topological polar surface area (TPSA) is 47.4 Å². The van der Waals surface area contributed by atoms with Gasteiger partial charge in [0.15, 0.2) is 0 Å². The maximum atomic E-state index is 13.4. The summed E-state index contributed by atoms with van der Waals surface area (Å²) in [4.78, 5) is 5.42. The molecule has 1 N–H and O–H groups in total. The summed E-state index contributed by atoms with van der Waals surface area (Å²) in [6.07, 6.45) is 0. The highest BCUT2D eigenvalue weighted by molar-refractivity contribution is 7.90. The molecule has 0 fully saturated rings. The molecule has 4 heteroatoms. The van der Waals surface area contributed by atoms with Crippen LogP contribution in [-0.4, -0.2) is 15.0 Å². The smallest absolute Gasteiger partial charge is 0.136 e. The van der Waals surface area contributed by atoms with Crippen LogP contribution in [0.15, 0.2) is 126 Å². The first-order chi connectivity index (χ1) is 16.9. The van der Waals surface area contributed by atoms with Gasteiger partial charge in [-0.3, -0.25) is 4.99 Å². The molecule has 0 spiro atoms. The molecule has 0 bridgehead atoms. The van der Waals surface area contributed by atoms with Gasteiger partial charge in [-0.25, -0.2) is 0 Å². The fourth-order valence-corrected chi connectivity index (χ4v) is 4.76. The minimum absolute atomic E-state index is 0.291. The number of rotatable bonds is 8. The Morgan fingerprint density at radius 2 is 1.06 bits per heavy atom. The molecule has 0 saturated heterocycles. The van der Waals surface area contributed by atoms with Crippen LogP contribution in [0.1, 0.15) is 55.1 Å². The van der Waals surface area contributed by atoms with Gasteiger partial charge in [0.25, 0.3) is 0 Å². The summed E-state index contributed by atoms with van der Waals surface area (Å²) in [5, 5.41) is 0. The summed E-state index contributed by atoms with van der Waals surface area (Å²) in [6, 6.07) is 40.4. The molecular formula is C31H32N2OS. The van der Waals surface area contributed by atoms with Gasteiger partial charge in [0, 0.05) is 22.5 Å². The summed E-state index contributed by atoms with van der Waals surface area (Å²) in [7, 11) is 0. The molecule has 2 unspecified atom stereocenters. The van der Waals surface area contributed by atoms with Crippen LogP contribution in [0.25, 0.3) is 0 Å². The summed E-state index contributed by atoms with van der Waals surface area (Å²) >= 11 is -1.29. The lowest BCUT2D eigenvalue weighted by Crippen LogP contribution is -2.42. The third-order valence-corrected chi connectivity index (χ3v) is 7.35. The Hall–Kier alpha value is -3.18. The van der Waals surface area contributed by atoms with Crippen molar-refractivity contribution >= 4 is 17.1 Å². The van der Waals surface area contributed by atoms with Crippen LogP contribution in [0.2, 0.25) is 0 Å². The van der Waals surface area contributed by atoms with Crippen molar-refractivity contribution in [1.29, 1.82) is 0 Å². The maximum absolute atomic E-state index is 13.4. The number of nitrogens with zero attached hydrogens (tertiary/aromatic N) is 1. The minimum Gasteiger partial charge on any atom is -0.598 e. The van der Waals surface area contributed by atoms with Crippen LogP contribution in [0, 0.1) is 0 Å². The zero-order chi connectivity index (χ0) is 24.7. The first kappa shape index (κ1) is 24.9. The Morgan fingerprint density at radius 1 is 0.657 bits per heavy atom. The second kappa shape index (κ2) is 11.5. The highest BCUT2D eigenvalue weighted by Crippen LogP contribution is 2.35. The largest absolute Gasteiger partial charge is 0.598 e. The normalized spacial score (nSPS) is 14.1. The van der Waals surface area contributed by atoms with Crippen molar-refractivity contribution in [2.75, 3.05) is 0 Å². The Morgan fingerprint density at radius 3 is 1.49 bits per heavy atom. The number of hydrogen-bond acceptors (Lipinski definition) is 3. The Kier molecular flexibility index (Phi) is 8.19. The van der Waals surface area contributed by atoms with Crippen LogP contribution in [-0.2, 0) is 11.4 Å². The van der Waals surface area contributed by atoms with Crippen molar-refractivity contribution in [3.8, 4) is 0 Å². The van der Waals surface area contributed by atoms with Crippen LogP contribution >= 0.6 is 0 Å². The fraction of sp³-hybridized carbons (Fsp3) is 0.194. The predicted molar refractivity (Wildman–Crippen MR) is 148 cm³/mol. The lowest BCUT2D eigenvalue weighted by molar-refractivity contribution is 0.487. The van der Waals surface area contributed by atoms with E-state index < -0.39 is 16.1 Å². The predicted octanol–water partition coefficient (Wildman–Crippen LogP) is 7.06. The third-order valence-electron chi connectivity index (χ3n) is 5.77.